The second kappa shape index (κ2) is 23.1. The highest BCUT2D eigenvalue weighted by atomic mass is 127. The molecule has 0 radical (unpaired) electrons. The highest BCUT2D eigenvalue weighted by molar-refractivity contribution is 14.1. The van der Waals surface area contributed by atoms with Crippen molar-refractivity contribution in [1.29, 1.82) is 0 Å². The summed E-state index contributed by atoms with van der Waals surface area (Å²) in [5.74, 6) is -0.119. The van der Waals surface area contributed by atoms with E-state index >= 15 is 0 Å². The SMILES string of the molecule is CI.CO[C@H]1CN(C(=O)c2ccc(Cl)cc2)C[C@@H]1N1CCN(C(=O)c2ccc(Cl)cc2)CC1.O=C(c1ccc(Cl)cc1)N1CCN([C@H]2CN(C(=O)c3ccc(Cl)cc3)C[C@@H]2O)CC1. The first kappa shape index (κ1) is 48.9. The predicted octanol–water partition coefficient (Wildman–Crippen LogP) is 6.98. The molecule has 0 spiro atoms. The van der Waals surface area contributed by atoms with Crippen LogP contribution in [-0.2, 0) is 4.74 Å². The molecule has 0 unspecified atom stereocenters. The quantitative estimate of drug-likeness (QED) is 0.156. The standard InChI is InChI=1S/C23H25Cl2N3O3.C22H23Cl2N3O3.CH3I/c1-31-21-15-28(23(30)17-4-8-19(25)9-5-17)14-20(21)26-10-12-27(13-11-26)22(29)16-2-6-18(24)7-3-16;23-17-5-1-15(2-6-17)21(29)26-11-9-25(10-12-26)19-13-27(14-20(19)28)22(30)16-3-7-18(24)8-4-16;1-2/h2-9,20-21H,10-15H2,1H3;1-8,19-20,28H,9-14H2;1H3/t20-,21-;19-,20-;/m00./s1. The minimum Gasteiger partial charge on any atom is -0.390 e. The highest BCUT2D eigenvalue weighted by Gasteiger charge is 2.41. The number of hydrogen-bond acceptors (Lipinski definition) is 8. The first-order valence-electron chi connectivity index (χ1n) is 20.6. The summed E-state index contributed by atoms with van der Waals surface area (Å²) in [7, 11) is 1.69. The van der Waals surface area contributed by atoms with Gasteiger partial charge in [0.15, 0.2) is 0 Å². The molecule has 0 aromatic heterocycles. The van der Waals surface area contributed by atoms with Gasteiger partial charge in [0, 0.05) is 128 Å². The fourth-order valence-electron chi connectivity index (χ4n) is 8.41. The van der Waals surface area contributed by atoms with Gasteiger partial charge in [-0.3, -0.25) is 29.0 Å². The molecule has 4 aromatic carbocycles. The number of likely N-dealkylation sites (tertiary alicyclic amines) is 2. The van der Waals surface area contributed by atoms with Gasteiger partial charge in [0.1, 0.15) is 0 Å². The van der Waals surface area contributed by atoms with Crippen molar-refractivity contribution in [2.75, 3.05) is 90.6 Å². The van der Waals surface area contributed by atoms with E-state index in [4.69, 9.17) is 51.1 Å². The van der Waals surface area contributed by atoms with Gasteiger partial charge in [-0.05, 0) is 102 Å². The first-order valence-corrected chi connectivity index (χ1v) is 24.3. The number of ether oxygens (including phenoxy) is 1. The molecule has 8 rings (SSSR count). The molecule has 4 saturated heterocycles. The van der Waals surface area contributed by atoms with Gasteiger partial charge < -0.3 is 29.4 Å². The fourth-order valence-corrected chi connectivity index (χ4v) is 8.92. The number of aliphatic hydroxyl groups excluding tert-OH is 1. The van der Waals surface area contributed by atoms with E-state index in [0.29, 0.717) is 108 Å². The maximum Gasteiger partial charge on any atom is 0.253 e. The zero-order valence-electron chi connectivity index (χ0n) is 35.1. The third-order valence-corrected chi connectivity index (χ3v) is 12.9. The molecule has 0 aliphatic carbocycles. The second-order valence-electron chi connectivity index (χ2n) is 15.6. The molecular weight excluding hydrogens is 1000 g/mol. The van der Waals surface area contributed by atoms with Crippen LogP contribution in [-0.4, -0.2) is 173 Å². The van der Waals surface area contributed by atoms with Crippen molar-refractivity contribution in [1.82, 2.24) is 29.4 Å². The summed E-state index contributed by atoms with van der Waals surface area (Å²) in [5, 5.41) is 13.0. The Kier molecular flexibility index (Phi) is 17.9. The van der Waals surface area contributed by atoms with Gasteiger partial charge in [-0.1, -0.05) is 69.0 Å². The number of piperazine rings is 2. The lowest BCUT2D eigenvalue weighted by molar-refractivity contribution is 0.0193. The van der Waals surface area contributed by atoms with Gasteiger partial charge >= 0.3 is 0 Å². The number of methoxy groups -OCH3 is 1. The molecule has 17 heteroatoms. The summed E-state index contributed by atoms with van der Waals surface area (Å²) in [6.07, 6.45) is -0.672. The van der Waals surface area contributed by atoms with Crippen LogP contribution in [0.4, 0.5) is 0 Å². The fraction of sp³-hybridized carbons (Fsp3) is 0.391. The number of amides is 4. The lowest BCUT2D eigenvalue weighted by atomic mass is 10.1. The number of carbonyl (C=O) groups is 4. The maximum atomic E-state index is 12.9. The summed E-state index contributed by atoms with van der Waals surface area (Å²) in [6, 6.07) is 27.6. The van der Waals surface area contributed by atoms with Gasteiger partial charge in [-0.2, -0.15) is 0 Å². The highest BCUT2D eigenvalue weighted by Crippen LogP contribution is 2.25. The third kappa shape index (κ3) is 12.4. The third-order valence-electron chi connectivity index (χ3n) is 11.9. The Morgan fingerprint density at radius 1 is 0.460 bits per heavy atom. The second-order valence-corrected chi connectivity index (χ2v) is 17.3. The van der Waals surface area contributed by atoms with Crippen molar-refractivity contribution >= 4 is 92.6 Å². The van der Waals surface area contributed by atoms with E-state index in [9.17, 15) is 24.3 Å². The number of aliphatic hydroxyl groups is 1. The van der Waals surface area contributed by atoms with E-state index in [2.05, 4.69) is 32.4 Å². The molecule has 63 heavy (non-hydrogen) atoms. The average molecular weight is 1050 g/mol. The van der Waals surface area contributed by atoms with Crippen LogP contribution in [0.1, 0.15) is 41.4 Å². The van der Waals surface area contributed by atoms with Crippen LogP contribution in [0.2, 0.25) is 20.1 Å². The Labute approximate surface area is 402 Å². The number of hydrogen-bond donors (Lipinski definition) is 1. The summed E-state index contributed by atoms with van der Waals surface area (Å²) in [4.78, 5) is 64.8. The molecule has 4 heterocycles. The van der Waals surface area contributed by atoms with Crippen molar-refractivity contribution in [3.63, 3.8) is 0 Å². The monoisotopic (exact) mass is 1050 g/mol. The van der Waals surface area contributed by atoms with Crippen LogP contribution >= 0.6 is 69.0 Å². The number of benzene rings is 4. The number of nitrogens with zero attached hydrogens (tertiary/aromatic N) is 6. The number of halogens is 5. The molecule has 336 valence electrons. The van der Waals surface area contributed by atoms with Gasteiger partial charge in [-0.15, -0.1) is 0 Å². The van der Waals surface area contributed by atoms with Crippen LogP contribution in [0.15, 0.2) is 97.1 Å². The molecule has 4 aliphatic heterocycles. The summed E-state index contributed by atoms with van der Waals surface area (Å²) >= 11 is 25.8. The number of β-amino-alcohol motifs (C(OH)–C–C–N with tert-alkyl or cyclic N) is 1. The maximum absolute atomic E-state index is 12.9. The van der Waals surface area contributed by atoms with E-state index in [-0.39, 0.29) is 41.8 Å². The first-order chi connectivity index (χ1) is 30.4. The van der Waals surface area contributed by atoms with Gasteiger partial charge in [0.05, 0.1) is 24.3 Å². The number of carbonyl (C=O) groups excluding carboxylic acids is 4. The van der Waals surface area contributed by atoms with E-state index in [1.807, 2.05) is 19.6 Å². The normalized spacial score (nSPS) is 21.6. The molecule has 4 atom stereocenters. The Hall–Kier alpha value is -3.51. The largest absolute Gasteiger partial charge is 0.390 e. The molecule has 4 amide bonds. The van der Waals surface area contributed by atoms with Crippen LogP contribution in [0.5, 0.6) is 0 Å². The molecule has 4 aliphatic rings. The molecule has 12 nitrogen and oxygen atoms in total. The van der Waals surface area contributed by atoms with Crippen LogP contribution in [0.25, 0.3) is 0 Å². The summed E-state index contributed by atoms with van der Waals surface area (Å²) in [5.41, 5.74) is 2.45. The Morgan fingerprint density at radius 3 is 1.08 bits per heavy atom. The topological polar surface area (TPSA) is 117 Å². The molecule has 0 bridgehead atoms. The molecule has 4 aromatic rings. The predicted molar refractivity (Wildman–Crippen MR) is 257 cm³/mol. The molecule has 1 N–H and O–H groups in total. The zero-order valence-corrected chi connectivity index (χ0v) is 40.3. The van der Waals surface area contributed by atoms with Crippen LogP contribution < -0.4 is 0 Å². The summed E-state index contributed by atoms with van der Waals surface area (Å²) in [6.45, 7) is 7.15. The van der Waals surface area contributed by atoms with Gasteiger partial charge in [-0.25, -0.2) is 0 Å². The minimum atomic E-state index is -0.611. The van der Waals surface area contributed by atoms with Crippen LogP contribution in [0, 0.1) is 0 Å². The minimum absolute atomic E-state index is 0.0159. The smallest absolute Gasteiger partial charge is 0.253 e. The van der Waals surface area contributed by atoms with Crippen molar-refractivity contribution in [3.05, 3.63) is 139 Å². The van der Waals surface area contributed by atoms with Crippen molar-refractivity contribution < 1.29 is 29.0 Å². The van der Waals surface area contributed by atoms with Crippen molar-refractivity contribution in [3.8, 4) is 0 Å². The molecule has 0 saturated carbocycles. The summed E-state index contributed by atoms with van der Waals surface area (Å²) < 4.78 is 5.72. The number of rotatable bonds is 7. The Balaban J connectivity index is 0.000000202. The van der Waals surface area contributed by atoms with Crippen molar-refractivity contribution in [2.24, 2.45) is 0 Å². The average Bonchev–Trinajstić information content (AvgIpc) is 3.94. The van der Waals surface area contributed by atoms with E-state index in [1.165, 1.54) is 0 Å². The Morgan fingerprint density at radius 2 is 0.746 bits per heavy atom. The van der Waals surface area contributed by atoms with E-state index < -0.39 is 6.10 Å². The van der Waals surface area contributed by atoms with Gasteiger partial charge in [0.25, 0.3) is 23.6 Å². The zero-order chi connectivity index (χ0) is 45.2. The van der Waals surface area contributed by atoms with Crippen LogP contribution in [0.3, 0.4) is 0 Å². The molecule has 4 fully saturated rings. The van der Waals surface area contributed by atoms with Gasteiger partial charge in [0.2, 0.25) is 0 Å². The van der Waals surface area contributed by atoms with E-state index in [0.717, 1.165) is 13.1 Å². The lowest BCUT2D eigenvalue weighted by Gasteiger charge is -2.39. The number of alkyl halides is 1. The Bertz CT molecular complexity index is 2160. The van der Waals surface area contributed by atoms with Crippen molar-refractivity contribution in [2.45, 2.75) is 24.3 Å². The lowest BCUT2D eigenvalue weighted by Crippen LogP contribution is -2.55. The molecular formula is C46H51Cl4IN6O6. The van der Waals surface area contributed by atoms with E-state index in [1.54, 1.807) is 109 Å².